The first-order valence-electron chi connectivity index (χ1n) is 9.55. The van der Waals surface area contributed by atoms with Crippen LogP contribution in [0.4, 0.5) is 11.4 Å². The number of carbonyl (C=O) groups excluding carboxylic acids is 2. The number of nitrogens with one attached hydrogen (secondary N) is 1. The number of anilines is 1. The molecule has 12 heteroatoms. The number of aromatic nitrogens is 3. The van der Waals surface area contributed by atoms with E-state index in [2.05, 4.69) is 15.4 Å². The minimum absolute atomic E-state index is 0.103. The van der Waals surface area contributed by atoms with Gasteiger partial charge >= 0.3 is 0 Å². The molecule has 164 valence electrons. The van der Waals surface area contributed by atoms with Crippen LogP contribution in [0.3, 0.4) is 0 Å². The average molecular weight is 475 g/mol. The molecule has 0 spiro atoms. The number of nitro groups is 1. The van der Waals surface area contributed by atoms with Crippen LogP contribution in [0.5, 0.6) is 0 Å². The van der Waals surface area contributed by atoms with Gasteiger partial charge in [-0.1, -0.05) is 23.2 Å². The van der Waals surface area contributed by atoms with E-state index in [9.17, 15) is 19.7 Å². The van der Waals surface area contributed by atoms with E-state index >= 15 is 0 Å². The molecule has 0 aliphatic carbocycles. The molecule has 4 rings (SSSR count). The van der Waals surface area contributed by atoms with Gasteiger partial charge in [-0.05, 0) is 43.2 Å². The highest BCUT2D eigenvalue weighted by atomic mass is 35.5. The summed E-state index contributed by atoms with van der Waals surface area (Å²) in [5.41, 5.74) is 0.401. The number of hydrogen-bond donors (Lipinski definition) is 1. The van der Waals surface area contributed by atoms with Crippen LogP contribution < -0.4 is 5.32 Å². The van der Waals surface area contributed by atoms with Gasteiger partial charge in [0.25, 0.3) is 11.6 Å². The van der Waals surface area contributed by atoms with Gasteiger partial charge in [0, 0.05) is 33.9 Å². The Bertz CT molecular complexity index is 1180. The van der Waals surface area contributed by atoms with Crippen molar-refractivity contribution in [1.29, 1.82) is 0 Å². The second-order valence-corrected chi connectivity index (χ2v) is 7.98. The van der Waals surface area contributed by atoms with Crippen LogP contribution in [0.1, 0.15) is 23.2 Å². The van der Waals surface area contributed by atoms with Gasteiger partial charge in [0.15, 0.2) is 0 Å². The Kier molecular flexibility index (Phi) is 6.06. The number of benzene rings is 2. The van der Waals surface area contributed by atoms with E-state index in [1.807, 2.05) is 0 Å². The number of nitrogens with zero attached hydrogens (tertiary/aromatic N) is 5. The van der Waals surface area contributed by atoms with Gasteiger partial charge < -0.3 is 10.2 Å². The van der Waals surface area contributed by atoms with Crippen molar-refractivity contribution in [2.45, 2.75) is 18.9 Å². The van der Waals surface area contributed by atoms with Crippen molar-refractivity contribution in [3.63, 3.8) is 0 Å². The van der Waals surface area contributed by atoms with Crippen molar-refractivity contribution in [2.75, 3.05) is 11.9 Å². The Morgan fingerprint density at radius 3 is 2.56 bits per heavy atom. The molecule has 1 aromatic heterocycles. The van der Waals surface area contributed by atoms with Crippen LogP contribution in [0.15, 0.2) is 49.1 Å². The summed E-state index contributed by atoms with van der Waals surface area (Å²) < 4.78 is 1.24. The van der Waals surface area contributed by atoms with Crippen LogP contribution in [-0.2, 0) is 4.79 Å². The predicted molar refractivity (Wildman–Crippen MR) is 117 cm³/mol. The van der Waals surface area contributed by atoms with Crippen LogP contribution in [0.2, 0.25) is 10.0 Å². The standard InChI is InChI=1S/C20H16Cl2N6O4/c21-13-7-14(22)9-15(8-13)25-19(29)17-2-1-5-26(17)20(30)12-3-4-16(18(6-12)28(31)32)27-11-23-10-24-27/h3-4,6-11,17H,1-2,5H2,(H,25,29). The highest BCUT2D eigenvalue weighted by Crippen LogP contribution is 2.28. The Morgan fingerprint density at radius 1 is 1.16 bits per heavy atom. The summed E-state index contributed by atoms with van der Waals surface area (Å²) in [6.07, 6.45) is 3.67. The van der Waals surface area contributed by atoms with Gasteiger partial charge in [-0.25, -0.2) is 9.67 Å². The Balaban J connectivity index is 1.57. The van der Waals surface area contributed by atoms with E-state index in [0.717, 1.165) is 0 Å². The summed E-state index contributed by atoms with van der Waals surface area (Å²) >= 11 is 12.0. The Morgan fingerprint density at radius 2 is 1.91 bits per heavy atom. The fourth-order valence-electron chi connectivity index (χ4n) is 3.63. The van der Waals surface area contributed by atoms with Crippen molar-refractivity contribution in [1.82, 2.24) is 19.7 Å². The van der Waals surface area contributed by atoms with E-state index in [1.165, 1.54) is 40.4 Å². The summed E-state index contributed by atoms with van der Waals surface area (Å²) in [5.74, 6) is -0.858. The van der Waals surface area contributed by atoms with E-state index < -0.39 is 16.9 Å². The lowest BCUT2D eigenvalue weighted by molar-refractivity contribution is -0.384. The highest BCUT2D eigenvalue weighted by Gasteiger charge is 2.35. The zero-order chi connectivity index (χ0) is 22.8. The molecule has 0 saturated carbocycles. The van der Waals surface area contributed by atoms with Gasteiger partial charge in [0.05, 0.1) is 4.92 Å². The molecular weight excluding hydrogens is 459 g/mol. The van der Waals surface area contributed by atoms with Gasteiger partial charge in [0.2, 0.25) is 5.91 Å². The summed E-state index contributed by atoms with van der Waals surface area (Å²) in [6.45, 7) is 0.353. The number of carbonyl (C=O) groups is 2. The maximum Gasteiger partial charge on any atom is 0.295 e. The minimum Gasteiger partial charge on any atom is -0.327 e. The van der Waals surface area contributed by atoms with E-state index in [0.29, 0.717) is 35.1 Å². The third-order valence-electron chi connectivity index (χ3n) is 5.03. The normalized spacial score (nSPS) is 15.6. The SMILES string of the molecule is O=C(Nc1cc(Cl)cc(Cl)c1)C1CCCN1C(=O)c1ccc(-n2cncn2)c([N+](=O)[O-])c1. The molecule has 2 amide bonds. The first-order valence-corrected chi connectivity index (χ1v) is 10.3. The lowest BCUT2D eigenvalue weighted by atomic mass is 10.1. The van der Waals surface area contributed by atoms with Crippen molar-refractivity contribution >= 4 is 46.4 Å². The zero-order valence-electron chi connectivity index (χ0n) is 16.4. The molecular formula is C20H16Cl2N6O4. The number of likely N-dealkylation sites (tertiary alicyclic amines) is 1. The lowest BCUT2D eigenvalue weighted by Crippen LogP contribution is -2.43. The van der Waals surface area contributed by atoms with Crippen molar-refractivity contribution in [3.05, 3.63) is 74.8 Å². The second-order valence-electron chi connectivity index (χ2n) is 7.10. The van der Waals surface area contributed by atoms with Gasteiger partial charge in [0.1, 0.15) is 24.4 Å². The van der Waals surface area contributed by atoms with Crippen LogP contribution in [0.25, 0.3) is 5.69 Å². The Hall–Kier alpha value is -3.50. The van der Waals surface area contributed by atoms with Gasteiger partial charge in [-0.3, -0.25) is 19.7 Å². The topological polar surface area (TPSA) is 123 Å². The molecule has 1 atom stereocenters. The van der Waals surface area contributed by atoms with Crippen LogP contribution in [-0.4, -0.2) is 49.0 Å². The predicted octanol–water partition coefficient (Wildman–Crippen LogP) is 3.73. The molecule has 3 aromatic rings. The minimum atomic E-state index is -0.727. The zero-order valence-corrected chi connectivity index (χ0v) is 18.0. The molecule has 10 nitrogen and oxygen atoms in total. The number of halogens is 2. The van der Waals surface area contributed by atoms with E-state index in [1.54, 1.807) is 18.2 Å². The lowest BCUT2D eigenvalue weighted by Gasteiger charge is -2.24. The largest absolute Gasteiger partial charge is 0.327 e. The highest BCUT2D eigenvalue weighted by molar-refractivity contribution is 6.35. The molecule has 1 aliphatic heterocycles. The molecule has 1 saturated heterocycles. The summed E-state index contributed by atoms with van der Waals surface area (Å²) in [7, 11) is 0. The second kappa shape index (κ2) is 8.93. The van der Waals surface area contributed by atoms with Gasteiger partial charge in [-0.2, -0.15) is 5.10 Å². The number of rotatable bonds is 5. The third-order valence-corrected chi connectivity index (χ3v) is 5.47. The molecule has 2 aromatic carbocycles. The van der Waals surface area contributed by atoms with Crippen molar-refractivity contribution in [3.8, 4) is 5.69 Å². The van der Waals surface area contributed by atoms with E-state index in [4.69, 9.17) is 23.2 Å². The number of amides is 2. The van der Waals surface area contributed by atoms with Crippen molar-refractivity contribution in [2.24, 2.45) is 0 Å². The first-order chi connectivity index (χ1) is 15.3. The summed E-state index contributed by atoms with van der Waals surface area (Å²) in [6, 6.07) is 8.00. The molecule has 0 radical (unpaired) electrons. The van der Waals surface area contributed by atoms with Crippen LogP contribution >= 0.6 is 23.2 Å². The first kappa shape index (κ1) is 21.7. The van der Waals surface area contributed by atoms with E-state index in [-0.39, 0.29) is 22.8 Å². The molecule has 32 heavy (non-hydrogen) atoms. The smallest absolute Gasteiger partial charge is 0.295 e. The average Bonchev–Trinajstić information content (AvgIpc) is 3.44. The maximum absolute atomic E-state index is 13.1. The third kappa shape index (κ3) is 4.41. The molecule has 2 heterocycles. The Labute approximate surface area is 191 Å². The molecule has 1 fully saturated rings. The summed E-state index contributed by atoms with van der Waals surface area (Å²) in [5, 5.41) is 18.9. The maximum atomic E-state index is 13.1. The molecule has 0 bridgehead atoms. The summed E-state index contributed by atoms with van der Waals surface area (Å²) in [4.78, 5) is 42.2. The fourth-order valence-corrected chi connectivity index (χ4v) is 4.15. The quantitative estimate of drug-likeness (QED) is 0.443. The van der Waals surface area contributed by atoms with Crippen LogP contribution in [0, 0.1) is 10.1 Å². The molecule has 1 N–H and O–H groups in total. The fraction of sp³-hybridized carbons (Fsp3) is 0.200. The van der Waals surface area contributed by atoms with Gasteiger partial charge in [-0.15, -0.1) is 0 Å². The molecule has 1 aliphatic rings. The molecule has 1 unspecified atom stereocenters. The van der Waals surface area contributed by atoms with Crippen molar-refractivity contribution < 1.29 is 14.5 Å². The monoisotopic (exact) mass is 474 g/mol. The number of nitro benzene ring substituents is 1. The number of hydrogen-bond acceptors (Lipinski definition) is 6.